The highest BCUT2D eigenvalue weighted by molar-refractivity contribution is 5.85. The van der Waals surface area contributed by atoms with Gasteiger partial charge >= 0.3 is 5.97 Å². The number of carboxylic acids is 1. The first-order chi connectivity index (χ1) is 6.63. The maximum absolute atomic E-state index is 10.4. The topological polar surface area (TPSA) is 86.8 Å². The third kappa shape index (κ3) is 2.82. The minimum Gasteiger partial charge on any atom is -0.476 e. The first-order valence-corrected chi connectivity index (χ1v) is 4.11. The van der Waals surface area contributed by atoms with Crippen molar-refractivity contribution in [3.05, 3.63) is 17.5 Å². The van der Waals surface area contributed by atoms with Crippen LogP contribution in [0, 0.1) is 0 Å². The molecule has 0 spiro atoms. The average molecular weight is 200 g/mol. The molecule has 0 amide bonds. The van der Waals surface area contributed by atoms with Crippen molar-refractivity contribution in [2.45, 2.75) is 6.54 Å². The van der Waals surface area contributed by atoms with Crippen molar-refractivity contribution >= 4 is 5.97 Å². The normalized spacial score (nSPS) is 10.8. The van der Waals surface area contributed by atoms with Gasteiger partial charge in [-0.15, -0.1) is 0 Å². The van der Waals surface area contributed by atoms with Gasteiger partial charge in [0.1, 0.15) is 0 Å². The maximum atomic E-state index is 10.4. The second-order valence-electron chi connectivity index (χ2n) is 2.95. The van der Waals surface area contributed by atoms with Gasteiger partial charge in [0, 0.05) is 12.6 Å². The van der Waals surface area contributed by atoms with Gasteiger partial charge in [-0.3, -0.25) is 4.90 Å². The molecule has 1 aromatic heterocycles. The molecule has 78 valence electrons. The van der Waals surface area contributed by atoms with Gasteiger partial charge in [0.05, 0.1) is 13.2 Å². The van der Waals surface area contributed by atoms with E-state index in [1.165, 1.54) is 6.07 Å². The zero-order valence-electron chi connectivity index (χ0n) is 7.80. The Labute approximate surface area is 80.7 Å². The number of aromatic nitrogens is 1. The second-order valence-corrected chi connectivity index (χ2v) is 2.95. The minimum absolute atomic E-state index is 0.0520. The van der Waals surface area contributed by atoms with E-state index in [1.807, 2.05) is 0 Å². The number of hydrogen-bond donors (Lipinski definition) is 2. The van der Waals surface area contributed by atoms with Crippen LogP contribution in [0.3, 0.4) is 0 Å². The van der Waals surface area contributed by atoms with Crippen molar-refractivity contribution in [2.75, 3.05) is 20.2 Å². The highest BCUT2D eigenvalue weighted by Crippen LogP contribution is 2.05. The molecule has 0 unspecified atom stereocenters. The summed E-state index contributed by atoms with van der Waals surface area (Å²) in [5.41, 5.74) is -0.0996. The summed E-state index contributed by atoms with van der Waals surface area (Å²) < 4.78 is 4.79. The molecule has 6 nitrogen and oxygen atoms in total. The molecule has 0 saturated carbocycles. The van der Waals surface area contributed by atoms with E-state index in [0.29, 0.717) is 18.8 Å². The summed E-state index contributed by atoms with van der Waals surface area (Å²) >= 11 is 0. The number of nitrogens with zero attached hydrogens (tertiary/aromatic N) is 2. The molecule has 1 aromatic rings. The Morgan fingerprint density at radius 2 is 2.43 bits per heavy atom. The molecule has 14 heavy (non-hydrogen) atoms. The van der Waals surface area contributed by atoms with Crippen LogP contribution >= 0.6 is 0 Å². The molecule has 2 N–H and O–H groups in total. The van der Waals surface area contributed by atoms with E-state index in [2.05, 4.69) is 5.16 Å². The van der Waals surface area contributed by atoms with Gasteiger partial charge in [-0.1, -0.05) is 5.16 Å². The summed E-state index contributed by atoms with van der Waals surface area (Å²) in [6.45, 7) is 0.986. The van der Waals surface area contributed by atoms with E-state index in [4.69, 9.17) is 14.7 Å². The van der Waals surface area contributed by atoms with E-state index in [0.717, 1.165) is 0 Å². The molecule has 0 fully saturated rings. The van der Waals surface area contributed by atoms with Crippen molar-refractivity contribution in [2.24, 2.45) is 0 Å². The second kappa shape index (κ2) is 4.73. The summed E-state index contributed by atoms with van der Waals surface area (Å²) in [5, 5.41) is 20.6. The molecule has 0 atom stereocenters. The van der Waals surface area contributed by atoms with Gasteiger partial charge < -0.3 is 14.7 Å². The van der Waals surface area contributed by atoms with E-state index in [-0.39, 0.29) is 12.3 Å². The highest BCUT2D eigenvalue weighted by Gasteiger charge is 2.11. The quantitative estimate of drug-likeness (QED) is 0.684. The monoisotopic (exact) mass is 200 g/mol. The number of carbonyl (C=O) groups is 1. The Hall–Kier alpha value is -1.40. The third-order valence-corrected chi connectivity index (χ3v) is 1.69. The van der Waals surface area contributed by atoms with Crippen LogP contribution in [0.15, 0.2) is 10.6 Å². The largest absolute Gasteiger partial charge is 0.476 e. The van der Waals surface area contributed by atoms with Gasteiger partial charge in [-0.2, -0.15) is 0 Å². The predicted octanol–water partition coefficient (Wildman–Crippen LogP) is -0.203. The van der Waals surface area contributed by atoms with Crippen LogP contribution in [0.25, 0.3) is 0 Å². The van der Waals surface area contributed by atoms with Crippen molar-refractivity contribution in [1.29, 1.82) is 0 Å². The third-order valence-electron chi connectivity index (χ3n) is 1.69. The average Bonchev–Trinajstić information content (AvgIpc) is 2.53. The fourth-order valence-electron chi connectivity index (χ4n) is 1.00. The summed E-state index contributed by atoms with van der Waals surface area (Å²) in [5.74, 6) is -0.636. The summed E-state index contributed by atoms with van der Waals surface area (Å²) in [6.07, 6.45) is 0. The number of hydrogen-bond acceptors (Lipinski definition) is 5. The lowest BCUT2D eigenvalue weighted by molar-refractivity contribution is 0.0685. The fraction of sp³-hybridized carbons (Fsp3) is 0.500. The molecule has 1 rings (SSSR count). The number of rotatable bonds is 5. The fourth-order valence-corrected chi connectivity index (χ4v) is 1.00. The molecule has 0 saturated heterocycles. The number of likely N-dealkylation sites (N-methyl/N-ethyl adjacent to an activating group) is 1. The number of carboxylic acid groups (broad SMARTS) is 1. The highest BCUT2D eigenvalue weighted by atomic mass is 16.5. The van der Waals surface area contributed by atoms with Crippen LogP contribution in [-0.2, 0) is 6.54 Å². The predicted molar refractivity (Wildman–Crippen MR) is 46.9 cm³/mol. The van der Waals surface area contributed by atoms with E-state index in [9.17, 15) is 4.79 Å². The van der Waals surface area contributed by atoms with Gasteiger partial charge in [-0.25, -0.2) is 4.79 Å². The van der Waals surface area contributed by atoms with Crippen LogP contribution in [0.2, 0.25) is 0 Å². The van der Waals surface area contributed by atoms with Gasteiger partial charge in [0.15, 0.2) is 11.5 Å². The lowest BCUT2D eigenvalue weighted by Gasteiger charge is -2.11. The van der Waals surface area contributed by atoms with Crippen LogP contribution in [0.5, 0.6) is 0 Å². The molecule has 0 aliphatic carbocycles. The smallest absolute Gasteiger partial charge is 0.358 e. The number of aliphatic hydroxyl groups is 1. The van der Waals surface area contributed by atoms with Gasteiger partial charge in [0.2, 0.25) is 0 Å². The first-order valence-electron chi connectivity index (χ1n) is 4.11. The summed E-state index contributed by atoms with van der Waals surface area (Å²) in [4.78, 5) is 12.2. The van der Waals surface area contributed by atoms with E-state index >= 15 is 0 Å². The molecule has 1 heterocycles. The van der Waals surface area contributed by atoms with Crippen molar-refractivity contribution in [3.63, 3.8) is 0 Å². The zero-order valence-corrected chi connectivity index (χ0v) is 7.80. The Bertz CT molecular complexity index is 310. The lowest BCUT2D eigenvalue weighted by atomic mass is 10.3. The minimum atomic E-state index is -1.11. The van der Waals surface area contributed by atoms with Gasteiger partial charge in [-0.05, 0) is 7.05 Å². The molecule has 0 aliphatic heterocycles. The Kier molecular flexibility index (Phi) is 3.61. The Morgan fingerprint density at radius 3 is 2.93 bits per heavy atom. The molecular weight excluding hydrogens is 188 g/mol. The Balaban J connectivity index is 2.55. The van der Waals surface area contributed by atoms with Crippen molar-refractivity contribution in [1.82, 2.24) is 10.1 Å². The van der Waals surface area contributed by atoms with E-state index < -0.39 is 5.97 Å². The lowest BCUT2D eigenvalue weighted by Crippen LogP contribution is -2.21. The Morgan fingerprint density at radius 1 is 1.71 bits per heavy atom. The number of aliphatic hydroxyl groups excluding tert-OH is 1. The zero-order chi connectivity index (χ0) is 10.6. The molecule has 6 heteroatoms. The van der Waals surface area contributed by atoms with Gasteiger partial charge in [0.25, 0.3) is 0 Å². The molecule has 0 bridgehead atoms. The maximum Gasteiger partial charge on any atom is 0.358 e. The number of aromatic carboxylic acids is 1. The van der Waals surface area contributed by atoms with E-state index in [1.54, 1.807) is 11.9 Å². The van der Waals surface area contributed by atoms with Crippen LogP contribution in [0.1, 0.15) is 16.2 Å². The SMILES string of the molecule is CN(CCO)Cc1cc(C(=O)O)no1. The first kappa shape index (κ1) is 10.7. The standard InChI is InChI=1S/C8H12N2O4/c1-10(2-3-11)5-6-4-7(8(12)13)9-14-6/h4,11H,2-3,5H2,1H3,(H,12,13). The van der Waals surface area contributed by atoms with Crippen LogP contribution < -0.4 is 0 Å². The summed E-state index contributed by atoms with van der Waals surface area (Å²) in [6, 6.07) is 1.37. The summed E-state index contributed by atoms with van der Waals surface area (Å²) in [7, 11) is 1.79. The van der Waals surface area contributed by atoms with Crippen molar-refractivity contribution < 1.29 is 19.5 Å². The molecular formula is C8H12N2O4. The van der Waals surface area contributed by atoms with Crippen molar-refractivity contribution in [3.8, 4) is 0 Å². The molecule has 0 aromatic carbocycles. The molecule has 0 aliphatic rings. The molecule has 0 radical (unpaired) electrons. The van der Waals surface area contributed by atoms with Crippen LogP contribution in [-0.4, -0.2) is 46.4 Å². The van der Waals surface area contributed by atoms with Crippen LogP contribution in [0.4, 0.5) is 0 Å².